The predicted octanol–water partition coefficient (Wildman–Crippen LogP) is -9.25. The minimum atomic E-state index is -2.00. The highest BCUT2D eigenvalue weighted by molar-refractivity contribution is 5.90. The number of aliphatic hydroxyl groups is 18. The fraction of sp³-hybridized carbons (Fsp3) is 0.759. The Morgan fingerprint density at radius 2 is 0.606 bits per heavy atom. The maximum atomic E-state index is 12.8. The minimum Gasteiger partial charge on any atom is -0.484 e. The molecule has 0 spiro atoms. The van der Waals surface area contributed by atoms with Crippen LogP contribution in [-0.4, -0.2) is 440 Å². The summed E-state index contributed by atoms with van der Waals surface area (Å²) >= 11 is 0. The second-order valence-corrected chi connectivity index (χ2v) is 34.0. The normalized spacial score (nSPS) is 31.6. The van der Waals surface area contributed by atoms with E-state index in [-0.39, 0.29) is 112 Å². The van der Waals surface area contributed by atoms with Crippen molar-refractivity contribution in [1.29, 1.82) is 0 Å². The summed E-state index contributed by atoms with van der Waals surface area (Å²) in [6.45, 7) is -1.73. The van der Waals surface area contributed by atoms with Crippen molar-refractivity contribution in [2.75, 3.05) is 105 Å². The Balaban J connectivity index is 0.601. The molecule has 50 nitrogen and oxygen atoms in total. The zero-order valence-electron chi connectivity index (χ0n) is 76.3. The SMILES string of the molecule is CC(=O)NC1C(O)[C@H](O[C@@H]2OC(CO)[C@H](O)C(O[C@H]3OC(CO)[C@H](O)C(O)C3O)C2O)C(CO)O[C@H]1OCCCNC(=O)CCCCCNC(=O)CCCCCNC(=O)COc1ccc(-c2cc(OCC(=O)NCCCCCC(=O)NCCCCCC(=O)NCCCO[C@@H]3OC(CO)[C@@H](O[C@@H]4OC(CO)[C@H](O)C(O[C@H]5OC(CO)[C@H](O)C(O)C5O)C4O)C(O)C3NC(C)=O)cc(C(=O)O)c2)cc1. The average Bonchev–Trinajstić information content (AvgIpc) is 0.775. The number of carboxylic acids is 1. The van der Waals surface area contributed by atoms with Crippen molar-refractivity contribution in [2.45, 2.75) is 314 Å². The molecule has 6 aliphatic heterocycles. The van der Waals surface area contributed by atoms with Crippen LogP contribution in [0, 0.1) is 0 Å². The van der Waals surface area contributed by atoms with Gasteiger partial charge in [0.05, 0.1) is 58.4 Å². The number of amides is 8. The number of carbonyl (C=O) groups excluding carboxylic acids is 8. The molecular weight excluding hydrogens is 1830 g/mol. The van der Waals surface area contributed by atoms with Crippen molar-refractivity contribution in [2.24, 2.45) is 0 Å². The van der Waals surface area contributed by atoms with E-state index in [1.54, 1.807) is 30.3 Å². The van der Waals surface area contributed by atoms with E-state index in [4.69, 9.17) is 66.3 Å². The molecule has 6 fully saturated rings. The van der Waals surface area contributed by atoms with Gasteiger partial charge < -0.3 is 206 Å². The molecule has 8 rings (SSSR count). The van der Waals surface area contributed by atoms with Gasteiger partial charge in [-0.05, 0) is 106 Å². The average molecular weight is 1970 g/mol. The van der Waals surface area contributed by atoms with E-state index < -0.39 is 254 Å². The van der Waals surface area contributed by atoms with Crippen LogP contribution in [0.5, 0.6) is 11.5 Å². The number of ether oxygens (including phenoxy) is 14. The number of carbonyl (C=O) groups is 9. The van der Waals surface area contributed by atoms with E-state index in [0.717, 1.165) is 13.8 Å². The number of aliphatic hydroxyl groups excluding tert-OH is 18. The third-order valence-corrected chi connectivity index (χ3v) is 23.5. The Morgan fingerprint density at radius 3 is 0.942 bits per heavy atom. The lowest BCUT2D eigenvalue weighted by Gasteiger charge is -2.48. The van der Waals surface area contributed by atoms with E-state index in [1.165, 1.54) is 12.1 Å². The van der Waals surface area contributed by atoms with E-state index >= 15 is 0 Å². The molecule has 137 heavy (non-hydrogen) atoms. The largest absolute Gasteiger partial charge is 0.484 e. The fourth-order valence-electron chi connectivity index (χ4n) is 15.9. The first kappa shape index (κ1) is 114. The second-order valence-electron chi connectivity index (χ2n) is 34.0. The molecule has 0 bridgehead atoms. The molecule has 6 saturated heterocycles. The summed E-state index contributed by atoms with van der Waals surface area (Å²) in [6, 6.07) is 8.19. The zero-order chi connectivity index (χ0) is 100.0. The van der Waals surface area contributed by atoms with Crippen LogP contribution in [0.1, 0.15) is 140 Å². The van der Waals surface area contributed by atoms with E-state index in [2.05, 4.69) is 42.5 Å². The van der Waals surface area contributed by atoms with Gasteiger partial charge in [-0.3, -0.25) is 38.4 Å². The first-order chi connectivity index (χ1) is 65.6. The predicted molar refractivity (Wildman–Crippen MR) is 464 cm³/mol. The fourth-order valence-corrected chi connectivity index (χ4v) is 15.9. The summed E-state index contributed by atoms with van der Waals surface area (Å²) in [7, 11) is 0. The molecule has 2 aromatic carbocycles. The summed E-state index contributed by atoms with van der Waals surface area (Å²) in [5.41, 5.74) is 0.974. The molecule has 50 heteroatoms. The van der Waals surface area contributed by atoms with Crippen LogP contribution in [0.3, 0.4) is 0 Å². The highest BCUT2D eigenvalue weighted by Crippen LogP contribution is 2.37. The maximum Gasteiger partial charge on any atom is 0.335 e. The third-order valence-electron chi connectivity index (χ3n) is 23.5. The molecule has 8 amide bonds. The van der Waals surface area contributed by atoms with Gasteiger partial charge in [0.2, 0.25) is 35.4 Å². The topological polar surface area (TPSA) is 763 Å². The lowest BCUT2D eigenvalue weighted by molar-refractivity contribution is -0.376. The van der Waals surface area contributed by atoms with Crippen molar-refractivity contribution >= 4 is 53.2 Å². The first-order valence-corrected chi connectivity index (χ1v) is 46.1. The van der Waals surface area contributed by atoms with Gasteiger partial charge in [-0.15, -0.1) is 0 Å². The van der Waals surface area contributed by atoms with Crippen molar-refractivity contribution in [3.05, 3.63) is 48.0 Å². The van der Waals surface area contributed by atoms with Gasteiger partial charge in [-0.2, -0.15) is 0 Å². The van der Waals surface area contributed by atoms with Crippen LogP contribution < -0.4 is 52.0 Å². The van der Waals surface area contributed by atoms with Gasteiger partial charge in [0, 0.05) is 78.8 Å². The smallest absolute Gasteiger partial charge is 0.335 e. The molecule has 778 valence electrons. The summed E-state index contributed by atoms with van der Waals surface area (Å²) in [6.07, 6.45) is -39.2. The van der Waals surface area contributed by atoms with Crippen LogP contribution >= 0.6 is 0 Å². The highest BCUT2D eigenvalue weighted by Gasteiger charge is 2.57. The summed E-state index contributed by atoms with van der Waals surface area (Å²) in [5.74, 6) is -3.57. The Labute approximate surface area is 788 Å². The first-order valence-electron chi connectivity index (χ1n) is 46.1. The Hall–Kier alpha value is -7.93. The standard InChI is InChI=1S/C87H138N8O42/c1-44(102)94-63-69(114)77(134-86-75(120)79(67(112)53(38-98)130-86)136-84-73(118)71(116)65(110)51(36-96)128-84)55(40-100)132-82(63)124-31-15-29-90-59(106)19-7-3-11-25-88-57(104)17-9-5-13-27-92-61(108)42-126-49-23-21-46(22-24-49)47-33-48(81(122)123)35-50(34-47)127-43-62(109)93-28-14-6-10-18-58(105)89-26-12-4-8-20-60(107)91-30-16-32-125-83-64(95-45(2)103)70(115)78(56(41-101)133-83)135-87-76(121)80(68(113)54(39-99)131-87)137-85-74(119)72(117)66(111)52(37-97)129-85/h21-24,33-35,51-56,63-80,82-87,96-101,110-121H,3-20,25-32,36-43H2,1-2H3,(H,88,104)(H,89,105)(H,90,106)(H,91,107)(H,92,108)(H,93,109)(H,94,102)(H,95,103)(H,122,123)/t51?,52?,53?,54?,55?,56?,63?,64?,65-,66-,67-,68-,69?,70?,71?,72?,73?,74?,75?,76?,77+,78+,79?,80?,82+,83+,84+,85+,86-,87-/m0/s1. The lowest BCUT2D eigenvalue weighted by atomic mass is 9.95. The van der Waals surface area contributed by atoms with Crippen LogP contribution in [0.4, 0.5) is 0 Å². The van der Waals surface area contributed by atoms with Gasteiger partial charge in [-0.25, -0.2) is 4.79 Å². The quantitative estimate of drug-likeness (QED) is 0.0274. The lowest BCUT2D eigenvalue weighted by Crippen LogP contribution is -2.68. The number of hydrogen-bond acceptors (Lipinski definition) is 41. The number of carboxylic acid groups (broad SMARTS) is 1. The molecule has 0 aliphatic carbocycles. The zero-order valence-corrected chi connectivity index (χ0v) is 76.3. The number of aromatic carboxylic acids is 1. The molecule has 6 heterocycles. The number of benzene rings is 2. The monoisotopic (exact) mass is 1970 g/mol. The van der Waals surface area contributed by atoms with Gasteiger partial charge in [0.25, 0.3) is 11.8 Å². The second kappa shape index (κ2) is 59.1. The summed E-state index contributed by atoms with van der Waals surface area (Å²) in [4.78, 5) is 112. The van der Waals surface area contributed by atoms with Crippen LogP contribution in [0.25, 0.3) is 11.1 Å². The van der Waals surface area contributed by atoms with Crippen molar-refractivity contribution in [3.8, 4) is 22.6 Å². The van der Waals surface area contributed by atoms with Crippen LogP contribution in [0.2, 0.25) is 0 Å². The van der Waals surface area contributed by atoms with Gasteiger partial charge in [0.15, 0.2) is 51.0 Å². The summed E-state index contributed by atoms with van der Waals surface area (Å²) in [5, 5.41) is 221. The van der Waals surface area contributed by atoms with Gasteiger partial charge >= 0.3 is 5.97 Å². The van der Waals surface area contributed by atoms with Gasteiger partial charge in [0.1, 0.15) is 158 Å². The number of unbranched alkanes of at least 4 members (excludes halogenated alkanes) is 8. The molecule has 30 atom stereocenters. The molecule has 0 saturated carbocycles. The number of nitrogens with one attached hydrogen (secondary N) is 8. The molecule has 18 unspecified atom stereocenters. The number of rotatable bonds is 58. The van der Waals surface area contributed by atoms with Crippen LogP contribution in [0.15, 0.2) is 42.5 Å². The Bertz CT molecular complexity index is 3990. The molecular formula is C87H138N8O42. The number of hydrogen-bond donors (Lipinski definition) is 27. The Kier molecular flexibility index (Phi) is 49.3. The van der Waals surface area contributed by atoms with Crippen molar-refractivity contribution in [3.63, 3.8) is 0 Å². The molecule has 2 aromatic rings. The van der Waals surface area contributed by atoms with E-state index in [0.29, 0.717) is 120 Å². The molecule has 0 radical (unpaired) electrons. The minimum absolute atomic E-state index is 0.0648. The molecule has 0 aromatic heterocycles. The molecule has 27 N–H and O–H groups in total. The molecule has 6 aliphatic rings. The van der Waals surface area contributed by atoms with Crippen LogP contribution in [-0.2, 0) is 95.2 Å². The third kappa shape index (κ3) is 35.3. The maximum absolute atomic E-state index is 12.8. The summed E-state index contributed by atoms with van der Waals surface area (Å²) < 4.78 is 79.8. The van der Waals surface area contributed by atoms with Crippen molar-refractivity contribution < 1.29 is 206 Å². The van der Waals surface area contributed by atoms with Gasteiger partial charge in [-0.1, -0.05) is 37.8 Å². The Morgan fingerprint density at radius 1 is 0.299 bits per heavy atom. The van der Waals surface area contributed by atoms with E-state index in [9.17, 15) is 140 Å². The highest BCUT2D eigenvalue weighted by atomic mass is 16.8. The van der Waals surface area contributed by atoms with E-state index in [1.807, 2.05) is 0 Å². The van der Waals surface area contributed by atoms with Crippen molar-refractivity contribution in [1.82, 2.24) is 42.5 Å².